The Kier molecular flexibility index (Phi) is 7.52. The minimum absolute atomic E-state index is 0.0237. The van der Waals surface area contributed by atoms with Gasteiger partial charge in [-0.2, -0.15) is 0 Å². The fourth-order valence-electron chi connectivity index (χ4n) is 2.93. The van der Waals surface area contributed by atoms with E-state index in [4.69, 9.17) is 14.2 Å². The Morgan fingerprint density at radius 2 is 1.67 bits per heavy atom. The van der Waals surface area contributed by atoms with Crippen LogP contribution in [-0.2, 0) is 24.3 Å². The third kappa shape index (κ3) is 5.99. The van der Waals surface area contributed by atoms with E-state index in [9.17, 15) is 18.0 Å². The van der Waals surface area contributed by atoms with Crippen molar-refractivity contribution in [1.82, 2.24) is 4.31 Å². The van der Waals surface area contributed by atoms with Gasteiger partial charge in [-0.05, 0) is 41.1 Å². The minimum Gasteiger partial charge on any atom is -0.495 e. The van der Waals surface area contributed by atoms with Gasteiger partial charge in [0.1, 0.15) is 11.5 Å². The van der Waals surface area contributed by atoms with Gasteiger partial charge in [-0.1, -0.05) is 30.3 Å². The lowest BCUT2D eigenvalue weighted by Gasteiger charge is -2.15. The number of nitrogens with one attached hydrogen (secondary N) is 1. The van der Waals surface area contributed by atoms with Crippen LogP contribution in [0.5, 0.6) is 11.5 Å². The largest absolute Gasteiger partial charge is 0.495 e. The van der Waals surface area contributed by atoms with Gasteiger partial charge >= 0.3 is 5.97 Å². The van der Waals surface area contributed by atoms with Crippen LogP contribution in [0.1, 0.15) is 0 Å². The van der Waals surface area contributed by atoms with Gasteiger partial charge in [-0.25, -0.2) is 17.5 Å². The number of carbonyl (C=O) groups is 2. The van der Waals surface area contributed by atoms with E-state index < -0.39 is 28.5 Å². The summed E-state index contributed by atoms with van der Waals surface area (Å²) in [6.07, 6.45) is 0. The molecule has 0 heterocycles. The van der Waals surface area contributed by atoms with E-state index in [2.05, 4.69) is 5.32 Å². The number of rotatable bonds is 9. The van der Waals surface area contributed by atoms with Crippen LogP contribution in [0.2, 0.25) is 0 Å². The lowest BCUT2D eigenvalue weighted by Crippen LogP contribution is -2.24. The Morgan fingerprint density at radius 3 is 2.36 bits per heavy atom. The molecule has 10 heteroatoms. The highest BCUT2D eigenvalue weighted by Crippen LogP contribution is 2.28. The molecule has 1 N–H and O–H groups in total. The second kappa shape index (κ2) is 10.3. The summed E-state index contributed by atoms with van der Waals surface area (Å²) in [7, 11) is 0.475. The highest BCUT2D eigenvalue weighted by Gasteiger charge is 2.20. The summed E-state index contributed by atoms with van der Waals surface area (Å²) in [4.78, 5) is 24.2. The average Bonchev–Trinajstić information content (AvgIpc) is 2.81. The van der Waals surface area contributed by atoms with E-state index >= 15 is 0 Å². The molecule has 1 amide bonds. The van der Waals surface area contributed by atoms with E-state index in [1.165, 1.54) is 39.4 Å². The molecular weight excluding hydrogens is 448 g/mol. The van der Waals surface area contributed by atoms with Crippen LogP contribution in [0.25, 0.3) is 10.8 Å². The number of hydrogen-bond acceptors (Lipinski definition) is 7. The highest BCUT2D eigenvalue weighted by molar-refractivity contribution is 7.89. The molecule has 3 aromatic carbocycles. The quantitative estimate of drug-likeness (QED) is 0.477. The SMILES string of the molecule is COc1ccc(S(=O)(=O)N(C)C)cc1NC(=O)COC(=O)COc1ccc2ccccc2c1. The van der Waals surface area contributed by atoms with Crippen molar-refractivity contribution in [2.75, 3.05) is 39.7 Å². The number of anilines is 1. The molecule has 0 unspecified atom stereocenters. The number of ether oxygens (including phenoxy) is 3. The fourth-order valence-corrected chi connectivity index (χ4v) is 3.86. The van der Waals surface area contributed by atoms with E-state index in [-0.39, 0.29) is 22.9 Å². The minimum atomic E-state index is -3.71. The molecule has 0 radical (unpaired) electrons. The Labute approximate surface area is 191 Å². The topological polar surface area (TPSA) is 111 Å². The number of methoxy groups -OCH3 is 1. The lowest BCUT2D eigenvalue weighted by molar-refractivity contribution is -0.149. The third-order valence-electron chi connectivity index (χ3n) is 4.67. The van der Waals surface area contributed by atoms with Crippen LogP contribution in [0, 0.1) is 0 Å². The van der Waals surface area contributed by atoms with E-state index in [0.717, 1.165) is 15.1 Å². The predicted octanol–water partition coefficient (Wildman–Crippen LogP) is 2.66. The molecule has 0 aliphatic rings. The van der Waals surface area contributed by atoms with Gasteiger partial charge in [0.25, 0.3) is 5.91 Å². The fraction of sp³-hybridized carbons (Fsp3) is 0.217. The van der Waals surface area contributed by atoms with Gasteiger partial charge in [0.15, 0.2) is 13.2 Å². The Morgan fingerprint density at radius 1 is 0.939 bits per heavy atom. The zero-order valence-electron chi connectivity index (χ0n) is 18.4. The molecule has 0 aliphatic heterocycles. The number of fused-ring (bicyclic) bond motifs is 1. The van der Waals surface area contributed by atoms with Crippen molar-refractivity contribution < 1.29 is 32.2 Å². The molecule has 0 fully saturated rings. The zero-order chi connectivity index (χ0) is 24.0. The molecular formula is C23H24N2O7S. The van der Waals surface area contributed by atoms with Crippen LogP contribution < -0.4 is 14.8 Å². The summed E-state index contributed by atoms with van der Waals surface area (Å²) >= 11 is 0. The molecule has 0 bridgehead atoms. The summed E-state index contributed by atoms with van der Waals surface area (Å²) in [5, 5.41) is 4.51. The normalized spacial score (nSPS) is 11.3. The monoisotopic (exact) mass is 472 g/mol. The van der Waals surface area contributed by atoms with Gasteiger partial charge in [0.05, 0.1) is 17.7 Å². The summed E-state index contributed by atoms with van der Waals surface area (Å²) in [5.74, 6) is -0.633. The molecule has 33 heavy (non-hydrogen) atoms. The number of hydrogen-bond donors (Lipinski definition) is 1. The molecule has 0 saturated carbocycles. The molecule has 0 aliphatic carbocycles. The van der Waals surface area contributed by atoms with Gasteiger partial charge in [0.2, 0.25) is 10.0 Å². The van der Waals surface area contributed by atoms with Gasteiger partial charge in [0, 0.05) is 14.1 Å². The second-order valence-electron chi connectivity index (χ2n) is 7.16. The number of benzene rings is 3. The Hall–Kier alpha value is -3.63. The molecule has 0 aromatic heterocycles. The number of nitrogens with zero attached hydrogens (tertiary/aromatic N) is 1. The van der Waals surface area contributed by atoms with Crippen molar-refractivity contribution in [1.29, 1.82) is 0 Å². The molecule has 3 aromatic rings. The summed E-state index contributed by atoms with van der Waals surface area (Å²) in [5.41, 5.74) is 0.133. The maximum Gasteiger partial charge on any atom is 0.344 e. The van der Waals surface area contributed by atoms with Crippen molar-refractivity contribution in [3.63, 3.8) is 0 Å². The summed E-state index contributed by atoms with van der Waals surface area (Å²) in [6.45, 7) is -0.945. The number of carbonyl (C=O) groups excluding carboxylic acids is 2. The molecule has 3 rings (SSSR count). The summed E-state index contributed by atoms with van der Waals surface area (Å²) in [6, 6.07) is 17.2. The van der Waals surface area contributed by atoms with Crippen molar-refractivity contribution in [3.8, 4) is 11.5 Å². The van der Waals surface area contributed by atoms with Crippen LogP contribution >= 0.6 is 0 Å². The van der Waals surface area contributed by atoms with Gasteiger partial charge < -0.3 is 19.5 Å². The first kappa shape index (κ1) is 24.0. The average molecular weight is 473 g/mol. The van der Waals surface area contributed by atoms with Crippen molar-refractivity contribution in [2.45, 2.75) is 4.90 Å². The third-order valence-corrected chi connectivity index (χ3v) is 6.48. The summed E-state index contributed by atoms with van der Waals surface area (Å²) < 4.78 is 41.3. The van der Waals surface area contributed by atoms with Crippen LogP contribution in [0.3, 0.4) is 0 Å². The first-order valence-electron chi connectivity index (χ1n) is 9.88. The highest BCUT2D eigenvalue weighted by atomic mass is 32.2. The maximum absolute atomic E-state index is 12.3. The number of esters is 1. The van der Waals surface area contributed by atoms with E-state index in [1.54, 1.807) is 12.1 Å². The van der Waals surface area contributed by atoms with E-state index in [0.29, 0.717) is 5.75 Å². The van der Waals surface area contributed by atoms with E-state index in [1.807, 2.05) is 30.3 Å². The Balaban J connectivity index is 1.56. The van der Waals surface area contributed by atoms with Crippen molar-refractivity contribution >= 4 is 38.4 Å². The number of amides is 1. The molecule has 174 valence electrons. The lowest BCUT2D eigenvalue weighted by atomic mass is 10.1. The number of sulfonamides is 1. The molecule has 0 spiro atoms. The first-order chi connectivity index (χ1) is 15.7. The second-order valence-corrected chi connectivity index (χ2v) is 9.31. The molecule has 0 saturated heterocycles. The van der Waals surface area contributed by atoms with Crippen LogP contribution in [0.4, 0.5) is 5.69 Å². The van der Waals surface area contributed by atoms with Crippen LogP contribution in [-0.4, -0.2) is 59.0 Å². The molecule has 9 nitrogen and oxygen atoms in total. The van der Waals surface area contributed by atoms with Crippen LogP contribution in [0.15, 0.2) is 65.6 Å². The predicted molar refractivity (Wildman–Crippen MR) is 123 cm³/mol. The zero-order valence-corrected chi connectivity index (χ0v) is 19.2. The molecule has 0 atom stereocenters. The van der Waals surface area contributed by atoms with Gasteiger partial charge in [-0.15, -0.1) is 0 Å². The van der Waals surface area contributed by atoms with Crippen molar-refractivity contribution in [3.05, 3.63) is 60.7 Å². The maximum atomic E-state index is 12.3. The smallest absolute Gasteiger partial charge is 0.344 e. The van der Waals surface area contributed by atoms with Crippen molar-refractivity contribution in [2.24, 2.45) is 0 Å². The van der Waals surface area contributed by atoms with Gasteiger partial charge in [-0.3, -0.25) is 4.79 Å². The Bertz CT molecular complexity index is 1270. The standard InChI is InChI=1S/C23H24N2O7S/c1-25(2)33(28,29)19-10-11-21(30-3)20(13-19)24-22(26)14-32-23(27)15-31-18-9-8-16-6-4-5-7-17(16)12-18/h4-13H,14-15H2,1-3H3,(H,24,26). The first-order valence-corrected chi connectivity index (χ1v) is 11.3.